The van der Waals surface area contributed by atoms with Gasteiger partial charge in [0.15, 0.2) is 0 Å². The van der Waals surface area contributed by atoms with Crippen molar-refractivity contribution < 1.29 is 31.0 Å². The minimum atomic E-state index is -0.724. The van der Waals surface area contributed by atoms with Crippen LogP contribution in [0.15, 0.2) is 0 Å². The molecule has 2 nitrogen and oxygen atoms in total. The Morgan fingerprint density at radius 2 is 1.20 bits per heavy atom. The largest absolute Gasteiger partial charge is 3.00 e. The van der Waals surface area contributed by atoms with Crippen LogP contribution < -0.4 is 0 Å². The molecule has 4 heteroatoms. The zero-order valence-electron chi connectivity index (χ0n) is 15.2. The van der Waals surface area contributed by atoms with Crippen molar-refractivity contribution in [1.82, 2.24) is 0 Å². The summed E-state index contributed by atoms with van der Waals surface area (Å²) in [6.07, 6.45) is 8.73. The Labute approximate surface area is 145 Å². The third-order valence-electron chi connectivity index (χ3n) is 3.08. The van der Waals surface area contributed by atoms with Gasteiger partial charge in [0.25, 0.3) is 0 Å². The van der Waals surface area contributed by atoms with E-state index in [0.29, 0.717) is 0 Å². The SMILES string of the molecule is CCCC.CO.C[Si](C)(C)C1CCCC1.[CH-]=O.[CH3-].[CH3-].[Mo+3]. The molecule has 0 aromatic rings. The van der Waals surface area contributed by atoms with Crippen LogP contribution in [0.1, 0.15) is 52.4 Å². The van der Waals surface area contributed by atoms with E-state index in [1.165, 1.54) is 38.5 Å². The summed E-state index contributed by atoms with van der Waals surface area (Å²) < 4.78 is 0. The molecule has 20 heavy (non-hydrogen) atoms. The van der Waals surface area contributed by atoms with Crippen LogP contribution in [0, 0.1) is 14.9 Å². The summed E-state index contributed by atoms with van der Waals surface area (Å²) in [6, 6.07) is 0. The first kappa shape index (κ1) is 37.1. The van der Waals surface area contributed by atoms with Crippen LogP contribution in [0.25, 0.3) is 0 Å². The molecule has 0 spiro atoms. The van der Waals surface area contributed by atoms with Gasteiger partial charge in [-0.3, -0.25) is 6.79 Å². The van der Waals surface area contributed by atoms with Crippen molar-refractivity contribution in [3.8, 4) is 0 Å². The summed E-state index contributed by atoms with van der Waals surface area (Å²) in [4.78, 5) is 7.75. The molecule has 1 N–H and O–H groups in total. The Morgan fingerprint density at radius 1 is 0.950 bits per heavy atom. The van der Waals surface area contributed by atoms with Crippen LogP contribution in [0.5, 0.6) is 0 Å². The zero-order chi connectivity index (χ0) is 14.3. The summed E-state index contributed by atoms with van der Waals surface area (Å²) in [7, 11) is 0.276. The number of hydrogen-bond donors (Lipinski definition) is 1. The molecular weight excluding hydrogens is 348 g/mol. The van der Waals surface area contributed by atoms with Crippen LogP contribution in [0.4, 0.5) is 0 Å². The van der Waals surface area contributed by atoms with Crippen LogP contribution in [-0.4, -0.2) is 27.1 Å². The summed E-state index contributed by atoms with van der Waals surface area (Å²) in [6.45, 7) is 15.1. The molecule has 125 valence electrons. The molecule has 1 rings (SSSR count). The summed E-state index contributed by atoms with van der Waals surface area (Å²) in [5.74, 6) is 0. The van der Waals surface area contributed by atoms with Crippen LogP contribution >= 0.6 is 0 Å². The number of aliphatic hydroxyl groups excluding tert-OH is 1. The fraction of sp³-hybridized carbons (Fsp3) is 0.812. The summed E-state index contributed by atoms with van der Waals surface area (Å²) in [5, 5.41) is 7.00. The fourth-order valence-electron chi connectivity index (χ4n) is 1.79. The number of hydrogen-bond acceptors (Lipinski definition) is 2. The van der Waals surface area contributed by atoms with E-state index < -0.39 is 8.07 Å². The molecule has 1 aliphatic rings. The molecule has 0 heterocycles. The third kappa shape index (κ3) is 27.0. The zero-order valence-corrected chi connectivity index (χ0v) is 18.2. The average molecular weight is 388 g/mol. The number of unbranched alkanes of at least 4 members (excludes halogenated alkanes) is 1. The van der Waals surface area contributed by atoms with Crippen molar-refractivity contribution in [3.63, 3.8) is 0 Å². The molecule has 1 saturated carbocycles. The van der Waals surface area contributed by atoms with E-state index in [-0.39, 0.29) is 35.9 Å². The molecule has 0 unspecified atom stereocenters. The van der Waals surface area contributed by atoms with Crippen LogP contribution in [-0.2, 0) is 25.9 Å². The maximum absolute atomic E-state index is 7.75. The minimum Gasteiger partial charge on any atom is -0.545 e. The molecule has 0 atom stereocenters. The molecule has 1 aliphatic carbocycles. The van der Waals surface area contributed by atoms with Gasteiger partial charge in [0.1, 0.15) is 0 Å². The topological polar surface area (TPSA) is 37.3 Å². The normalized spacial score (nSPS) is 12.3. The molecule has 1 fully saturated rings. The Bertz CT molecular complexity index is 131. The van der Waals surface area contributed by atoms with E-state index in [0.717, 1.165) is 12.7 Å². The van der Waals surface area contributed by atoms with E-state index >= 15 is 0 Å². The van der Waals surface area contributed by atoms with Crippen molar-refractivity contribution >= 4 is 14.9 Å². The quantitative estimate of drug-likeness (QED) is 0.396. The van der Waals surface area contributed by atoms with Crippen molar-refractivity contribution in [3.05, 3.63) is 14.9 Å². The predicted molar refractivity (Wildman–Crippen MR) is 93.9 cm³/mol. The molecular formula is C16H39MoO2Si. The van der Waals surface area contributed by atoms with E-state index in [1.54, 1.807) is 0 Å². The van der Waals surface area contributed by atoms with Gasteiger partial charge in [-0.15, -0.1) is 0 Å². The van der Waals surface area contributed by atoms with Gasteiger partial charge < -0.3 is 24.8 Å². The van der Waals surface area contributed by atoms with E-state index in [4.69, 9.17) is 9.90 Å². The number of carbonyl (C=O) groups excluding carboxylic acids is 1. The third-order valence-corrected chi connectivity index (χ3v) is 6.11. The summed E-state index contributed by atoms with van der Waals surface area (Å²) >= 11 is 0. The molecule has 0 saturated heterocycles. The van der Waals surface area contributed by atoms with Crippen molar-refractivity contribution in [1.29, 1.82) is 0 Å². The molecule has 0 aromatic carbocycles. The first-order valence-corrected chi connectivity index (χ1v) is 10.3. The van der Waals surface area contributed by atoms with Gasteiger partial charge in [-0.1, -0.05) is 72.0 Å². The van der Waals surface area contributed by atoms with Gasteiger partial charge in [0.2, 0.25) is 0 Å². The van der Waals surface area contributed by atoms with Gasteiger partial charge >= 0.3 is 21.1 Å². The maximum Gasteiger partial charge on any atom is 3.00 e. The molecule has 1 radical (unpaired) electrons. The van der Waals surface area contributed by atoms with Gasteiger partial charge in [-0.05, 0) is 5.54 Å². The maximum atomic E-state index is 7.75. The number of rotatable bonds is 2. The van der Waals surface area contributed by atoms with E-state index in [9.17, 15) is 0 Å². The monoisotopic (exact) mass is 389 g/mol. The van der Waals surface area contributed by atoms with Crippen molar-refractivity contribution in [2.75, 3.05) is 7.11 Å². The Hall–Kier alpha value is 0.535. The molecule has 0 bridgehead atoms. The van der Waals surface area contributed by atoms with E-state index in [1.807, 2.05) is 0 Å². The second kappa shape index (κ2) is 27.8. The number of aliphatic hydroxyl groups is 1. The molecule has 0 aromatic heterocycles. The van der Waals surface area contributed by atoms with Crippen molar-refractivity contribution in [2.45, 2.75) is 77.6 Å². The van der Waals surface area contributed by atoms with Crippen LogP contribution in [0.3, 0.4) is 0 Å². The summed E-state index contributed by atoms with van der Waals surface area (Å²) in [5.41, 5.74) is 1.15. The second-order valence-corrected chi connectivity index (χ2v) is 10.9. The van der Waals surface area contributed by atoms with Gasteiger partial charge in [-0.25, -0.2) is 0 Å². The standard InChI is InChI=1S/C8H18Si.C4H10.CH4O.CHO.2CH3.Mo/c1-9(2,3)8-6-4-5-7-8;1-3-4-2;2*1-2;;;/h8H,4-7H2,1-3H3;3-4H2,1-2H3;2H,1H3;1H;2*1H3;/q;;;3*-1;+3. The Balaban J connectivity index is -0.0000000391. The minimum absolute atomic E-state index is 0. The van der Waals surface area contributed by atoms with Crippen molar-refractivity contribution in [2.24, 2.45) is 0 Å². The fourth-order valence-corrected chi connectivity index (χ4v) is 3.93. The van der Waals surface area contributed by atoms with Gasteiger partial charge in [-0.2, -0.15) is 0 Å². The first-order valence-electron chi connectivity index (χ1n) is 6.70. The predicted octanol–water partition coefficient (Wildman–Crippen LogP) is 5.31. The van der Waals surface area contributed by atoms with E-state index in [2.05, 4.69) is 40.3 Å². The smallest absolute Gasteiger partial charge is 0.545 e. The average Bonchev–Trinajstić information content (AvgIpc) is 2.88. The Kier molecular flexibility index (Phi) is 51.6. The van der Waals surface area contributed by atoms with Gasteiger partial charge in [0, 0.05) is 15.2 Å². The Morgan fingerprint density at radius 3 is 1.30 bits per heavy atom. The molecule has 0 aliphatic heterocycles. The van der Waals surface area contributed by atoms with Gasteiger partial charge in [0.05, 0.1) is 0 Å². The molecule has 0 amide bonds. The first-order chi connectivity index (χ1) is 8.02. The second-order valence-electron chi connectivity index (χ2n) is 5.35. The van der Waals surface area contributed by atoms with Crippen LogP contribution in [0.2, 0.25) is 25.2 Å².